The van der Waals surface area contributed by atoms with Crippen molar-refractivity contribution in [3.63, 3.8) is 0 Å². The van der Waals surface area contributed by atoms with Crippen molar-refractivity contribution in [3.05, 3.63) is 35.4 Å². The first-order valence-corrected chi connectivity index (χ1v) is 8.06. The second kappa shape index (κ2) is 8.41. The van der Waals surface area contributed by atoms with E-state index in [1.807, 2.05) is 24.3 Å². The molecule has 0 aromatic heterocycles. The average Bonchev–Trinajstić information content (AvgIpc) is 2.83. The highest BCUT2D eigenvalue weighted by Gasteiger charge is 2.10. The quantitative estimate of drug-likeness (QED) is 0.658. The van der Waals surface area contributed by atoms with Crippen molar-refractivity contribution in [1.82, 2.24) is 10.2 Å². The molecule has 1 heterocycles. The van der Waals surface area contributed by atoms with Crippen LogP contribution in [0.5, 0.6) is 0 Å². The highest BCUT2D eigenvalue weighted by molar-refractivity contribution is 5.94. The van der Waals surface area contributed by atoms with Crippen molar-refractivity contribution in [2.45, 2.75) is 32.1 Å². The maximum Gasteiger partial charge on any atom is 0.251 e. The Morgan fingerprint density at radius 3 is 2.68 bits per heavy atom. The molecule has 1 saturated heterocycles. The molecule has 0 atom stereocenters. The first kappa shape index (κ1) is 16.3. The van der Waals surface area contributed by atoms with Crippen LogP contribution in [0.3, 0.4) is 0 Å². The second-order valence-corrected chi connectivity index (χ2v) is 5.67. The fraction of sp³-hybridized carbons (Fsp3) is 0.529. The zero-order valence-corrected chi connectivity index (χ0v) is 13.3. The van der Waals surface area contributed by atoms with Crippen molar-refractivity contribution in [1.29, 1.82) is 0 Å². The van der Waals surface area contributed by atoms with Crippen LogP contribution in [-0.4, -0.2) is 43.4 Å². The molecule has 120 valence electrons. The molecule has 1 aliphatic rings. The maximum atomic E-state index is 11.6. The van der Waals surface area contributed by atoms with E-state index in [0.29, 0.717) is 18.1 Å². The summed E-state index contributed by atoms with van der Waals surface area (Å²) in [7, 11) is 1.64. The third-order valence-corrected chi connectivity index (χ3v) is 4.02. The van der Waals surface area contributed by atoms with Gasteiger partial charge in [0.05, 0.1) is 0 Å². The van der Waals surface area contributed by atoms with Gasteiger partial charge in [-0.05, 0) is 37.0 Å². The van der Waals surface area contributed by atoms with Crippen LogP contribution in [0.15, 0.2) is 29.3 Å². The molecule has 0 spiro atoms. The molecule has 0 bridgehead atoms. The van der Waals surface area contributed by atoms with E-state index in [9.17, 15) is 4.79 Å². The summed E-state index contributed by atoms with van der Waals surface area (Å²) in [4.78, 5) is 18.3. The number of nitrogens with zero attached hydrogens (tertiary/aromatic N) is 2. The summed E-state index contributed by atoms with van der Waals surface area (Å²) in [5, 5.41) is 2.64. The van der Waals surface area contributed by atoms with Gasteiger partial charge >= 0.3 is 0 Å². The number of hydrogen-bond acceptors (Lipinski definition) is 2. The van der Waals surface area contributed by atoms with E-state index in [0.717, 1.165) is 25.1 Å². The summed E-state index contributed by atoms with van der Waals surface area (Å²) in [6.45, 7) is 2.68. The molecule has 1 aromatic rings. The van der Waals surface area contributed by atoms with Gasteiger partial charge in [0.25, 0.3) is 5.91 Å². The summed E-state index contributed by atoms with van der Waals surface area (Å²) in [5.74, 6) is 0.596. The zero-order valence-electron chi connectivity index (χ0n) is 13.3. The zero-order chi connectivity index (χ0) is 15.8. The Hall–Kier alpha value is -2.04. The SMILES string of the molecule is CNC(=O)c1cccc(CCN=C(N)N2CCCCCC2)c1. The van der Waals surface area contributed by atoms with Crippen molar-refractivity contribution < 1.29 is 4.79 Å². The molecule has 3 N–H and O–H groups in total. The highest BCUT2D eigenvalue weighted by atomic mass is 16.1. The normalized spacial score (nSPS) is 16.2. The van der Waals surface area contributed by atoms with Crippen molar-refractivity contribution in [2.75, 3.05) is 26.7 Å². The molecule has 1 amide bonds. The van der Waals surface area contributed by atoms with E-state index >= 15 is 0 Å². The van der Waals surface area contributed by atoms with Gasteiger partial charge in [-0.25, -0.2) is 0 Å². The first-order chi connectivity index (χ1) is 10.7. The minimum Gasteiger partial charge on any atom is -0.370 e. The second-order valence-electron chi connectivity index (χ2n) is 5.67. The maximum absolute atomic E-state index is 11.6. The Morgan fingerprint density at radius 1 is 1.27 bits per heavy atom. The highest BCUT2D eigenvalue weighted by Crippen LogP contribution is 2.10. The smallest absolute Gasteiger partial charge is 0.251 e. The van der Waals surface area contributed by atoms with E-state index in [1.54, 1.807) is 7.05 Å². The van der Waals surface area contributed by atoms with Crippen molar-refractivity contribution in [3.8, 4) is 0 Å². The van der Waals surface area contributed by atoms with Gasteiger partial charge in [-0.15, -0.1) is 0 Å². The fourth-order valence-corrected chi connectivity index (χ4v) is 2.71. The Kier molecular flexibility index (Phi) is 6.25. The lowest BCUT2D eigenvalue weighted by atomic mass is 10.1. The number of carbonyl (C=O) groups excluding carboxylic acids is 1. The molecule has 2 rings (SSSR count). The Bertz CT molecular complexity index is 519. The van der Waals surface area contributed by atoms with Crippen LogP contribution >= 0.6 is 0 Å². The molecule has 0 saturated carbocycles. The summed E-state index contributed by atoms with van der Waals surface area (Å²) < 4.78 is 0. The number of carbonyl (C=O) groups is 1. The van der Waals surface area contributed by atoms with Gasteiger partial charge in [0.15, 0.2) is 5.96 Å². The van der Waals surface area contributed by atoms with E-state index in [-0.39, 0.29) is 5.91 Å². The summed E-state index contributed by atoms with van der Waals surface area (Å²) >= 11 is 0. The monoisotopic (exact) mass is 302 g/mol. The molecule has 1 fully saturated rings. The minimum atomic E-state index is -0.0607. The molecule has 1 aliphatic heterocycles. The number of guanidine groups is 1. The third kappa shape index (κ3) is 4.76. The number of aliphatic imine (C=N–C) groups is 1. The number of hydrogen-bond donors (Lipinski definition) is 2. The minimum absolute atomic E-state index is 0.0607. The number of nitrogens with two attached hydrogens (primary N) is 1. The van der Waals surface area contributed by atoms with Gasteiger partial charge in [0.2, 0.25) is 0 Å². The molecular weight excluding hydrogens is 276 g/mol. The average molecular weight is 302 g/mol. The van der Waals surface area contributed by atoms with E-state index in [2.05, 4.69) is 15.2 Å². The number of benzene rings is 1. The Labute approximate surface area is 132 Å². The number of nitrogens with one attached hydrogen (secondary N) is 1. The fourth-order valence-electron chi connectivity index (χ4n) is 2.71. The lowest BCUT2D eigenvalue weighted by molar-refractivity contribution is 0.0963. The summed E-state index contributed by atoms with van der Waals surface area (Å²) in [6.07, 6.45) is 5.76. The van der Waals surface area contributed by atoms with E-state index < -0.39 is 0 Å². The molecular formula is C17H26N4O. The van der Waals surface area contributed by atoms with Crippen LogP contribution < -0.4 is 11.1 Å². The number of rotatable bonds is 4. The first-order valence-electron chi connectivity index (χ1n) is 8.06. The van der Waals surface area contributed by atoms with Crippen LogP contribution in [0.2, 0.25) is 0 Å². The topological polar surface area (TPSA) is 70.7 Å². The van der Waals surface area contributed by atoms with Gasteiger partial charge in [0.1, 0.15) is 0 Å². The third-order valence-electron chi connectivity index (χ3n) is 4.02. The van der Waals surface area contributed by atoms with E-state index in [4.69, 9.17) is 5.73 Å². The molecule has 22 heavy (non-hydrogen) atoms. The molecule has 1 aromatic carbocycles. The molecule has 0 aliphatic carbocycles. The Morgan fingerprint density at radius 2 is 2.00 bits per heavy atom. The summed E-state index contributed by atoms with van der Waals surface area (Å²) in [5.41, 5.74) is 7.88. The largest absolute Gasteiger partial charge is 0.370 e. The van der Waals surface area contributed by atoms with Crippen LogP contribution in [0.1, 0.15) is 41.6 Å². The number of likely N-dealkylation sites (tertiary alicyclic amines) is 1. The van der Waals surface area contributed by atoms with Crippen LogP contribution in [0, 0.1) is 0 Å². The van der Waals surface area contributed by atoms with Crippen molar-refractivity contribution in [2.24, 2.45) is 10.7 Å². The lowest BCUT2D eigenvalue weighted by Crippen LogP contribution is -2.38. The lowest BCUT2D eigenvalue weighted by Gasteiger charge is -2.21. The van der Waals surface area contributed by atoms with Crippen LogP contribution in [0.25, 0.3) is 0 Å². The Balaban J connectivity index is 1.89. The number of amides is 1. The van der Waals surface area contributed by atoms with Gasteiger partial charge < -0.3 is 16.0 Å². The molecule has 5 heteroatoms. The van der Waals surface area contributed by atoms with E-state index in [1.165, 1.54) is 25.7 Å². The van der Waals surface area contributed by atoms with Gasteiger partial charge in [-0.2, -0.15) is 0 Å². The van der Waals surface area contributed by atoms with Crippen LogP contribution in [-0.2, 0) is 6.42 Å². The standard InChI is InChI=1S/C17H26N4O/c1-19-16(22)15-8-6-7-14(13-15)9-10-20-17(18)21-11-4-2-3-5-12-21/h6-8,13H,2-5,9-12H2,1H3,(H2,18,20)(H,19,22). The van der Waals surface area contributed by atoms with Gasteiger partial charge in [-0.1, -0.05) is 25.0 Å². The molecule has 5 nitrogen and oxygen atoms in total. The molecule has 0 radical (unpaired) electrons. The van der Waals surface area contributed by atoms with Gasteiger partial charge in [-0.3, -0.25) is 9.79 Å². The predicted molar refractivity (Wildman–Crippen MR) is 90.1 cm³/mol. The van der Waals surface area contributed by atoms with Crippen LogP contribution in [0.4, 0.5) is 0 Å². The predicted octanol–water partition coefficient (Wildman–Crippen LogP) is 1.78. The van der Waals surface area contributed by atoms with Crippen molar-refractivity contribution >= 4 is 11.9 Å². The summed E-state index contributed by atoms with van der Waals surface area (Å²) in [6, 6.07) is 7.65. The van der Waals surface area contributed by atoms with Gasteiger partial charge in [0, 0.05) is 32.2 Å². The molecule has 0 unspecified atom stereocenters.